The smallest absolute Gasteiger partial charge is 0.223 e. The van der Waals surface area contributed by atoms with Gasteiger partial charge in [0.05, 0.1) is 0 Å². The van der Waals surface area contributed by atoms with Crippen LogP contribution in [0.5, 0.6) is 0 Å². The van der Waals surface area contributed by atoms with Crippen LogP contribution in [0.2, 0.25) is 0 Å². The summed E-state index contributed by atoms with van der Waals surface area (Å²) in [6.07, 6.45) is 4.88. The first-order valence-corrected chi connectivity index (χ1v) is 8.50. The lowest BCUT2D eigenvalue weighted by atomic mass is 9.79. The van der Waals surface area contributed by atoms with Crippen molar-refractivity contribution in [2.75, 3.05) is 0 Å². The number of hydrogen-bond donors (Lipinski definition) is 2. The summed E-state index contributed by atoms with van der Waals surface area (Å²) < 4.78 is 0. The van der Waals surface area contributed by atoms with Crippen LogP contribution in [0, 0.1) is 5.92 Å². The summed E-state index contributed by atoms with van der Waals surface area (Å²) in [4.78, 5) is 12.4. The van der Waals surface area contributed by atoms with Gasteiger partial charge >= 0.3 is 0 Å². The second-order valence-electron chi connectivity index (χ2n) is 7.49. The second kappa shape index (κ2) is 8.70. The molecule has 3 nitrogen and oxygen atoms in total. The molecule has 0 bridgehead atoms. The van der Waals surface area contributed by atoms with Gasteiger partial charge < -0.3 is 11.1 Å². The average Bonchev–Trinajstić information content (AvgIpc) is 2.47. The summed E-state index contributed by atoms with van der Waals surface area (Å²) >= 11 is 0. The van der Waals surface area contributed by atoms with Crippen molar-refractivity contribution in [1.82, 2.24) is 5.32 Å². The highest BCUT2D eigenvalue weighted by atomic mass is 35.5. The molecule has 3 N–H and O–H groups in total. The molecule has 3 atom stereocenters. The van der Waals surface area contributed by atoms with Crippen molar-refractivity contribution in [1.29, 1.82) is 0 Å². The van der Waals surface area contributed by atoms with E-state index < -0.39 is 0 Å². The number of halogens is 1. The Morgan fingerprint density at radius 1 is 1.30 bits per heavy atom. The predicted octanol–water partition coefficient (Wildman–Crippen LogP) is 3.80. The van der Waals surface area contributed by atoms with Gasteiger partial charge in [-0.15, -0.1) is 12.4 Å². The third-order valence-corrected chi connectivity index (χ3v) is 4.85. The van der Waals surface area contributed by atoms with Gasteiger partial charge in [0.2, 0.25) is 5.91 Å². The molecule has 0 aromatic heterocycles. The van der Waals surface area contributed by atoms with Crippen molar-refractivity contribution >= 4 is 18.3 Å². The van der Waals surface area contributed by atoms with Gasteiger partial charge in [0.25, 0.3) is 0 Å². The molecular weight excluding hydrogens is 308 g/mol. The zero-order valence-electron chi connectivity index (χ0n) is 14.5. The highest BCUT2D eigenvalue weighted by Crippen LogP contribution is 2.29. The van der Waals surface area contributed by atoms with Gasteiger partial charge in [0, 0.05) is 18.0 Å². The van der Waals surface area contributed by atoms with Gasteiger partial charge in [0.15, 0.2) is 0 Å². The Bertz CT molecular complexity index is 489. The fourth-order valence-electron chi connectivity index (χ4n) is 3.65. The minimum atomic E-state index is 0. The standard InChI is InChI=1S/C19H30N2O.ClH/c1-14(13-19(2,3)16-9-5-4-6-10-16)21-18(22)15-8-7-11-17(20)12-15;/h4-6,9-10,14-15,17H,7-8,11-13,20H2,1-3H3,(H,21,22);1H. The normalized spacial score (nSPS) is 22.8. The van der Waals surface area contributed by atoms with Crippen molar-refractivity contribution in [3.63, 3.8) is 0 Å². The lowest BCUT2D eigenvalue weighted by Gasteiger charge is -2.31. The maximum atomic E-state index is 12.4. The van der Waals surface area contributed by atoms with E-state index >= 15 is 0 Å². The van der Waals surface area contributed by atoms with Crippen molar-refractivity contribution in [3.8, 4) is 0 Å². The number of nitrogens with two attached hydrogens (primary N) is 1. The summed E-state index contributed by atoms with van der Waals surface area (Å²) in [6.45, 7) is 6.58. The molecule has 1 fully saturated rings. The van der Waals surface area contributed by atoms with E-state index in [9.17, 15) is 4.79 Å². The van der Waals surface area contributed by atoms with E-state index in [-0.39, 0.29) is 41.7 Å². The number of carbonyl (C=O) groups is 1. The SMILES string of the molecule is CC(CC(C)(C)c1ccccc1)NC(=O)C1CCCC(N)C1.Cl. The molecule has 0 aliphatic heterocycles. The fraction of sp³-hybridized carbons (Fsp3) is 0.632. The maximum absolute atomic E-state index is 12.4. The van der Waals surface area contributed by atoms with Gasteiger partial charge in [-0.25, -0.2) is 0 Å². The van der Waals surface area contributed by atoms with Crippen molar-refractivity contribution in [2.45, 2.75) is 70.4 Å². The molecule has 1 amide bonds. The molecule has 1 aromatic rings. The highest BCUT2D eigenvalue weighted by molar-refractivity contribution is 5.85. The Balaban J connectivity index is 0.00000264. The van der Waals surface area contributed by atoms with Gasteiger partial charge in [-0.05, 0) is 43.6 Å². The zero-order valence-corrected chi connectivity index (χ0v) is 15.4. The van der Waals surface area contributed by atoms with E-state index in [1.807, 2.05) is 6.07 Å². The van der Waals surface area contributed by atoms with Crippen LogP contribution in [0.25, 0.3) is 0 Å². The van der Waals surface area contributed by atoms with E-state index in [1.165, 1.54) is 5.56 Å². The van der Waals surface area contributed by atoms with E-state index in [4.69, 9.17) is 5.73 Å². The van der Waals surface area contributed by atoms with Gasteiger partial charge in [-0.3, -0.25) is 4.79 Å². The molecule has 3 unspecified atom stereocenters. The molecule has 0 radical (unpaired) electrons. The largest absolute Gasteiger partial charge is 0.353 e. The Kier molecular flexibility index (Phi) is 7.56. The number of benzene rings is 1. The molecular formula is C19H31ClN2O. The molecule has 0 spiro atoms. The van der Waals surface area contributed by atoms with Crippen LogP contribution < -0.4 is 11.1 Å². The van der Waals surface area contributed by atoms with Crippen molar-refractivity contribution in [3.05, 3.63) is 35.9 Å². The molecule has 4 heteroatoms. The first kappa shape index (κ1) is 20.0. The van der Waals surface area contributed by atoms with Crippen LogP contribution in [-0.2, 0) is 10.2 Å². The van der Waals surface area contributed by atoms with Crippen LogP contribution in [0.1, 0.15) is 58.4 Å². The van der Waals surface area contributed by atoms with E-state index in [0.29, 0.717) is 0 Å². The third-order valence-electron chi connectivity index (χ3n) is 4.85. The molecule has 23 heavy (non-hydrogen) atoms. The first-order chi connectivity index (χ1) is 10.4. The highest BCUT2D eigenvalue weighted by Gasteiger charge is 2.28. The number of rotatable bonds is 5. The zero-order chi connectivity index (χ0) is 16.2. The quantitative estimate of drug-likeness (QED) is 0.858. The molecule has 0 heterocycles. The summed E-state index contributed by atoms with van der Waals surface area (Å²) in [5.41, 5.74) is 7.36. The third kappa shape index (κ3) is 5.82. The topological polar surface area (TPSA) is 55.1 Å². The first-order valence-electron chi connectivity index (χ1n) is 8.50. The number of carbonyl (C=O) groups excluding carboxylic acids is 1. The summed E-state index contributed by atoms with van der Waals surface area (Å²) in [5, 5.41) is 3.20. The lowest BCUT2D eigenvalue weighted by Crippen LogP contribution is -2.43. The molecule has 1 saturated carbocycles. The molecule has 1 aromatic carbocycles. The van der Waals surface area contributed by atoms with Crippen molar-refractivity contribution < 1.29 is 4.79 Å². The summed E-state index contributed by atoms with van der Waals surface area (Å²) in [6, 6.07) is 10.9. The molecule has 1 aliphatic carbocycles. The number of amides is 1. The number of hydrogen-bond acceptors (Lipinski definition) is 2. The molecule has 130 valence electrons. The molecule has 1 aliphatic rings. The van der Waals surface area contributed by atoms with Crippen LogP contribution in [0.4, 0.5) is 0 Å². The van der Waals surface area contributed by atoms with E-state index in [1.54, 1.807) is 0 Å². The van der Waals surface area contributed by atoms with Crippen LogP contribution in [0.3, 0.4) is 0 Å². The second-order valence-corrected chi connectivity index (χ2v) is 7.49. The lowest BCUT2D eigenvalue weighted by molar-refractivity contribution is -0.126. The summed E-state index contributed by atoms with van der Waals surface area (Å²) in [7, 11) is 0. The monoisotopic (exact) mass is 338 g/mol. The fourth-order valence-corrected chi connectivity index (χ4v) is 3.65. The number of nitrogens with one attached hydrogen (secondary N) is 1. The maximum Gasteiger partial charge on any atom is 0.223 e. The van der Waals surface area contributed by atoms with E-state index in [2.05, 4.69) is 50.4 Å². The average molecular weight is 339 g/mol. The van der Waals surface area contributed by atoms with Gasteiger partial charge in [0.1, 0.15) is 0 Å². The predicted molar refractivity (Wildman–Crippen MR) is 98.9 cm³/mol. The van der Waals surface area contributed by atoms with Crippen LogP contribution >= 0.6 is 12.4 Å². The Morgan fingerprint density at radius 3 is 2.57 bits per heavy atom. The van der Waals surface area contributed by atoms with Crippen LogP contribution in [0.15, 0.2) is 30.3 Å². The summed E-state index contributed by atoms with van der Waals surface area (Å²) in [5.74, 6) is 0.289. The Labute approximate surface area is 146 Å². The minimum absolute atomic E-state index is 0. The molecule has 2 rings (SSSR count). The van der Waals surface area contributed by atoms with Crippen molar-refractivity contribution in [2.24, 2.45) is 11.7 Å². The Hall–Kier alpha value is -1.06. The Morgan fingerprint density at radius 2 is 1.96 bits per heavy atom. The van der Waals surface area contributed by atoms with E-state index in [0.717, 1.165) is 32.1 Å². The van der Waals surface area contributed by atoms with Crippen LogP contribution in [-0.4, -0.2) is 18.0 Å². The van der Waals surface area contributed by atoms with Gasteiger partial charge in [-0.1, -0.05) is 50.6 Å². The minimum Gasteiger partial charge on any atom is -0.353 e. The van der Waals surface area contributed by atoms with Gasteiger partial charge in [-0.2, -0.15) is 0 Å². The molecule has 0 saturated heterocycles.